The molecule has 0 fully saturated rings. The van der Waals surface area contributed by atoms with E-state index in [0.717, 1.165) is 22.3 Å². The third-order valence-corrected chi connectivity index (χ3v) is 5.75. The molecule has 2 aliphatic rings. The highest BCUT2D eigenvalue weighted by Crippen LogP contribution is 2.41. The van der Waals surface area contributed by atoms with Crippen LogP contribution in [0.25, 0.3) is 11.3 Å². The largest absolute Gasteiger partial charge is 0.487 e. The van der Waals surface area contributed by atoms with Crippen LogP contribution in [0.5, 0.6) is 0 Å². The van der Waals surface area contributed by atoms with Gasteiger partial charge in [0.1, 0.15) is 24.2 Å². The smallest absolute Gasteiger partial charge is 0.321 e. The molecule has 2 aromatic carbocycles. The van der Waals surface area contributed by atoms with Gasteiger partial charge >= 0.3 is 5.97 Å². The molecule has 3 N–H and O–H groups in total. The SMILES string of the molecule is O=C1Nc2ccc(F)cc2/C1=C1\OCc2cc(CNC(Cc3cccnc3)C(=O)O)ccc21. The van der Waals surface area contributed by atoms with Gasteiger partial charge in [-0.2, -0.15) is 0 Å². The van der Waals surface area contributed by atoms with E-state index in [1.165, 1.54) is 18.2 Å². The minimum atomic E-state index is -0.937. The Morgan fingerprint density at radius 2 is 2.06 bits per heavy atom. The topological polar surface area (TPSA) is 101 Å². The summed E-state index contributed by atoms with van der Waals surface area (Å²) in [5, 5.41) is 15.4. The van der Waals surface area contributed by atoms with Crippen molar-refractivity contribution in [2.24, 2.45) is 0 Å². The molecule has 0 saturated carbocycles. The van der Waals surface area contributed by atoms with Crippen molar-refractivity contribution in [1.29, 1.82) is 0 Å². The number of amides is 1. The summed E-state index contributed by atoms with van der Waals surface area (Å²) in [6.07, 6.45) is 3.62. The van der Waals surface area contributed by atoms with Gasteiger partial charge in [0.15, 0.2) is 0 Å². The van der Waals surface area contributed by atoms with Crippen LogP contribution in [0.1, 0.15) is 27.8 Å². The number of ether oxygens (including phenoxy) is 1. The van der Waals surface area contributed by atoms with Gasteiger partial charge in [0.2, 0.25) is 0 Å². The molecule has 5 rings (SSSR count). The van der Waals surface area contributed by atoms with Crippen molar-refractivity contribution in [2.75, 3.05) is 5.32 Å². The van der Waals surface area contributed by atoms with Crippen molar-refractivity contribution in [3.05, 3.63) is 94.6 Å². The van der Waals surface area contributed by atoms with Crippen LogP contribution in [0, 0.1) is 5.82 Å². The summed E-state index contributed by atoms with van der Waals surface area (Å²) >= 11 is 0. The molecule has 1 unspecified atom stereocenters. The molecule has 0 spiro atoms. The Kier molecular flexibility index (Phi) is 5.35. The third-order valence-electron chi connectivity index (χ3n) is 5.75. The highest BCUT2D eigenvalue weighted by atomic mass is 19.1. The minimum absolute atomic E-state index is 0.276. The summed E-state index contributed by atoms with van der Waals surface area (Å²) in [6.45, 7) is 0.628. The Morgan fingerprint density at radius 3 is 2.85 bits per heavy atom. The van der Waals surface area contributed by atoms with Gasteiger partial charge in [-0.1, -0.05) is 24.3 Å². The van der Waals surface area contributed by atoms with E-state index in [0.29, 0.717) is 35.5 Å². The third kappa shape index (κ3) is 4.08. The maximum atomic E-state index is 13.8. The number of benzene rings is 2. The van der Waals surface area contributed by atoms with E-state index in [9.17, 15) is 19.1 Å². The van der Waals surface area contributed by atoms with Crippen molar-refractivity contribution in [1.82, 2.24) is 10.3 Å². The molecule has 0 radical (unpaired) electrons. The number of aromatic nitrogens is 1. The van der Waals surface area contributed by atoms with Gasteiger partial charge in [-0.05, 0) is 41.8 Å². The molecule has 3 aromatic rings. The second-order valence-corrected chi connectivity index (χ2v) is 7.97. The molecule has 166 valence electrons. The zero-order chi connectivity index (χ0) is 22.9. The van der Waals surface area contributed by atoms with Gasteiger partial charge in [-0.15, -0.1) is 0 Å². The zero-order valence-corrected chi connectivity index (χ0v) is 17.5. The molecule has 1 atom stereocenters. The van der Waals surface area contributed by atoms with Gasteiger partial charge < -0.3 is 20.5 Å². The zero-order valence-electron chi connectivity index (χ0n) is 17.5. The van der Waals surface area contributed by atoms with Crippen molar-refractivity contribution in [3.8, 4) is 0 Å². The summed E-state index contributed by atoms with van der Waals surface area (Å²) in [7, 11) is 0. The van der Waals surface area contributed by atoms with Gasteiger partial charge in [0.25, 0.3) is 5.91 Å². The predicted molar refractivity (Wildman–Crippen MR) is 119 cm³/mol. The lowest BCUT2D eigenvalue weighted by molar-refractivity contribution is -0.139. The van der Waals surface area contributed by atoms with Crippen LogP contribution in [0.2, 0.25) is 0 Å². The van der Waals surface area contributed by atoms with E-state index in [2.05, 4.69) is 15.6 Å². The fourth-order valence-corrected chi connectivity index (χ4v) is 4.14. The lowest BCUT2D eigenvalue weighted by atomic mass is 9.99. The molecule has 1 amide bonds. The molecule has 2 aliphatic heterocycles. The number of hydrogen-bond acceptors (Lipinski definition) is 5. The summed E-state index contributed by atoms with van der Waals surface area (Å²) in [5.41, 5.74) is 4.73. The first kappa shape index (κ1) is 20.8. The summed E-state index contributed by atoms with van der Waals surface area (Å²) in [4.78, 5) is 28.3. The minimum Gasteiger partial charge on any atom is -0.487 e. The van der Waals surface area contributed by atoms with E-state index in [4.69, 9.17) is 4.74 Å². The van der Waals surface area contributed by atoms with Gasteiger partial charge in [-0.3, -0.25) is 14.6 Å². The van der Waals surface area contributed by atoms with Crippen LogP contribution in [0.15, 0.2) is 60.9 Å². The van der Waals surface area contributed by atoms with Gasteiger partial charge in [-0.25, -0.2) is 4.39 Å². The van der Waals surface area contributed by atoms with Crippen LogP contribution in [0.4, 0.5) is 10.1 Å². The Hall–Kier alpha value is -4.04. The monoisotopic (exact) mass is 445 g/mol. The molecule has 1 aromatic heterocycles. The first-order chi connectivity index (χ1) is 16.0. The number of halogens is 1. The maximum absolute atomic E-state index is 13.8. The van der Waals surface area contributed by atoms with Crippen LogP contribution in [0.3, 0.4) is 0 Å². The number of nitrogens with one attached hydrogen (secondary N) is 2. The van der Waals surface area contributed by atoms with E-state index in [1.54, 1.807) is 18.5 Å². The number of carbonyl (C=O) groups excluding carboxylic acids is 1. The number of hydrogen-bond donors (Lipinski definition) is 3. The average molecular weight is 445 g/mol. The standard InChI is InChI=1S/C25H20FN3O4/c26-17-4-6-20-19(10-17)22(24(30)29-20)23-18-5-3-15(8-16(18)13-33-23)12-28-21(25(31)32)9-14-2-1-7-27-11-14/h1-8,10-11,21,28H,9,12-13H2,(H,29,30)(H,31,32)/b23-22+. The van der Waals surface area contributed by atoms with E-state index >= 15 is 0 Å². The Balaban J connectivity index is 1.37. The Labute approximate surface area is 188 Å². The van der Waals surface area contributed by atoms with Gasteiger partial charge in [0.05, 0.1) is 5.57 Å². The van der Waals surface area contributed by atoms with Crippen molar-refractivity contribution in [3.63, 3.8) is 0 Å². The molecule has 7 nitrogen and oxygen atoms in total. The molecule has 0 bridgehead atoms. The average Bonchev–Trinajstić information content (AvgIpc) is 3.36. The maximum Gasteiger partial charge on any atom is 0.321 e. The van der Waals surface area contributed by atoms with Gasteiger partial charge in [0, 0.05) is 41.3 Å². The van der Waals surface area contributed by atoms with E-state index < -0.39 is 17.8 Å². The normalized spacial score (nSPS) is 17.2. The number of nitrogens with zero attached hydrogens (tertiary/aromatic N) is 1. The highest BCUT2D eigenvalue weighted by Gasteiger charge is 2.32. The lowest BCUT2D eigenvalue weighted by Gasteiger charge is -2.15. The molecule has 0 saturated heterocycles. The molecule has 3 heterocycles. The lowest BCUT2D eigenvalue weighted by Crippen LogP contribution is -2.38. The van der Waals surface area contributed by atoms with Crippen LogP contribution >= 0.6 is 0 Å². The number of rotatable bonds is 6. The quantitative estimate of drug-likeness (QED) is 0.503. The number of carboxylic acid groups (broad SMARTS) is 1. The summed E-state index contributed by atoms with van der Waals surface area (Å²) in [6, 6.07) is 12.7. The first-order valence-corrected chi connectivity index (χ1v) is 10.4. The number of fused-ring (bicyclic) bond motifs is 2. The highest BCUT2D eigenvalue weighted by molar-refractivity contribution is 6.36. The number of aliphatic carboxylic acids is 1. The molecule has 8 heteroatoms. The Bertz CT molecular complexity index is 1290. The number of carboxylic acids is 1. The van der Waals surface area contributed by atoms with E-state index in [1.807, 2.05) is 24.3 Å². The van der Waals surface area contributed by atoms with Crippen molar-refractivity contribution in [2.45, 2.75) is 25.6 Å². The first-order valence-electron chi connectivity index (χ1n) is 10.4. The summed E-state index contributed by atoms with van der Waals surface area (Å²) in [5.74, 6) is -1.27. The molecular weight excluding hydrogens is 425 g/mol. The second kappa shape index (κ2) is 8.48. The fraction of sp³-hybridized carbons (Fsp3) is 0.160. The number of pyridine rings is 1. The van der Waals surface area contributed by atoms with Crippen LogP contribution < -0.4 is 10.6 Å². The molecular formula is C25H20FN3O4. The van der Waals surface area contributed by atoms with E-state index in [-0.39, 0.29) is 12.5 Å². The van der Waals surface area contributed by atoms with Crippen LogP contribution in [-0.4, -0.2) is 28.0 Å². The molecule has 33 heavy (non-hydrogen) atoms. The van der Waals surface area contributed by atoms with Crippen molar-refractivity contribution >= 4 is 28.9 Å². The Morgan fingerprint density at radius 1 is 1.18 bits per heavy atom. The van der Waals surface area contributed by atoms with Crippen LogP contribution in [-0.2, 0) is 33.9 Å². The fourth-order valence-electron chi connectivity index (χ4n) is 4.14. The molecule has 0 aliphatic carbocycles. The second-order valence-electron chi connectivity index (χ2n) is 7.97. The summed E-state index contributed by atoms with van der Waals surface area (Å²) < 4.78 is 19.6. The number of carbonyl (C=O) groups is 2. The number of anilines is 1. The van der Waals surface area contributed by atoms with Crippen molar-refractivity contribution < 1.29 is 23.8 Å². The predicted octanol–water partition coefficient (Wildman–Crippen LogP) is 3.36.